The first kappa shape index (κ1) is 26.2. The summed E-state index contributed by atoms with van der Waals surface area (Å²) in [5.41, 5.74) is -1.02. The summed E-state index contributed by atoms with van der Waals surface area (Å²) in [6.07, 6.45) is -3.59. The topological polar surface area (TPSA) is 76.5 Å². The van der Waals surface area contributed by atoms with Crippen LogP contribution >= 0.6 is 0 Å². The molecule has 2 amide bonds. The van der Waals surface area contributed by atoms with Crippen LogP contribution in [0.4, 0.5) is 23.7 Å². The molecule has 0 spiro atoms. The third-order valence-electron chi connectivity index (χ3n) is 5.67. The van der Waals surface area contributed by atoms with Crippen molar-refractivity contribution in [3.63, 3.8) is 0 Å². The molecule has 0 aliphatic carbocycles. The lowest BCUT2D eigenvalue weighted by Crippen LogP contribution is -2.43. The minimum Gasteiger partial charge on any atom is -0.383 e. The number of rotatable bonds is 9. The van der Waals surface area contributed by atoms with Gasteiger partial charge in [0.1, 0.15) is 5.82 Å². The summed E-state index contributed by atoms with van der Waals surface area (Å²) in [6, 6.07) is 10.3. The Labute approximate surface area is 201 Å². The number of para-hydroxylation sites is 2. The molecule has 1 aromatic heterocycles. The lowest BCUT2D eigenvalue weighted by atomic mass is 10.1. The van der Waals surface area contributed by atoms with Crippen LogP contribution in [0.5, 0.6) is 0 Å². The van der Waals surface area contributed by atoms with Crippen LogP contribution in [-0.4, -0.2) is 40.7 Å². The summed E-state index contributed by atoms with van der Waals surface area (Å²) >= 11 is 0. The Morgan fingerprint density at radius 3 is 2.49 bits per heavy atom. The van der Waals surface area contributed by atoms with Gasteiger partial charge in [-0.15, -0.1) is 0 Å². The van der Waals surface area contributed by atoms with Crippen molar-refractivity contribution < 1.29 is 22.7 Å². The van der Waals surface area contributed by atoms with Crippen molar-refractivity contribution in [3.05, 3.63) is 70.3 Å². The van der Waals surface area contributed by atoms with E-state index in [1.807, 2.05) is 13.8 Å². The molecular formula is C25H29F3N4O3. The predicted octanol–water partition coefficient (Wildman–Crippen LogP) is 5.46. The summed E-state index contributed by atoms with van der Waals surface area (Å²) < 4.78 is 47.2. The third kappa shape index (κ3) is 5.82. The quantitative estimate of drug-likeness (QED) is 0.432. The van der Waals surface area contributed by atoms with Gasteiger partial charge in [-0.2, -0.15) is 13.2 Å². The number of anilines is 1. The number of hydrogen-bond acceptors (Lipinski definition) is 4. The van der Waals surface area contributed by atoms with Gasteiger partial charge >= 0.3 is 12.2 Å². The second-order valence-electron chi connectivity index (χ2n) is 8.03. The number of alkyl halides is 3. The SMILES string of the molecule is CCCn1c(C(CC)N(CCOC)C(=O)Nc2ccccc2C(F)(F)F)nc2ccccc2c1=O. The highest BCUT2D eigenvalue weighted by Crippen LogP contribution is 2.35. The molecule has 10 heteroatoms. The molecule has 0 saturated heterocycles. The van der Waals surface area contributed by atoms with Crippen LogP contribution in [0.2, 0.25) is 0 Å². The van der Waals surface area contributed by atoms with Crippen molar-refractivity contribution in [2.45, 2.75) is 45.5 Å². The van der Waals surface area contributed by atoms with Gasteiger partial charge in [-0.3, -0.25) is 9.36 Å². The number of carbonyl (C=O) groups is 1. The zero-order chi connectivity index (χ0) is 25.6. The highest BCUT2D eigenvalue weighted by molar-refractivity contribution is 5.90. The Kier molecular flexibility index (Phi) is 8.50. The number of nitrogens with zero attached hydrogens (tertiary/aromatic N) is 3. The fraction of sp³-hybridized carbons (Fsp3) is 0.400. The average molecular weight is 491 g/mol. The van der Waals surface area contributed by atoms with Gasteiger partial charge in [0.25, 0.3) is 5.56 Å². The first-order valence-corrected chi connectivity index (χ1v) is 11.4. The minimum absolute atomic E-state index is 0.0871. The van der Waals surface area contributed by atoms with Crippen LogP contribution in [0.25, 0.3) is 10.9 Å². The Morgan fingerprint density at radius 1 is 1.14 bits per heavy atom. The molecule has 0 fully saturated rings. The van der Waals surface area contributed by atoms with Crippen LogP contribution in [0.3, 0.4) is 0 Å². The van der Waals surface area contributed by atoms with E-state index < -0.39 is 23.8 Å². The zero-order valence-corrected chi connectivity index (χ0v) is 19.9. The molecule has 188 valence electrons. The molecule has 0 radical (unpaired) electrons. The normalized spacial score (nSPS) is 12.5. The number of aromatic nitrogens is 2. The molecule has 3 aromatic rings. The molecule has 1 N–H and O–H groups in total. The van der Waals surface area contributed by atoms with Crippen LogP contribution in [0, 0.1) is 0 Å². The van der Waals surface area contributed by atoms with Crippen molar-refractivity contribution in [1.29, 1.82) is 0 Å². The second-order valence-corrected chi connectivity index (χ2v) is 8.03. The molecule has 0 saturated carbocycles. The van der Waals surface area contributed by atoms with Crippen LogP contribution < -0.4 is 10.9 Å². The largest absolute Gasteiger partial charge is 0.418 e. The number of hydrogen-bond donors (Lipinski definition) is 1. The standard InChI is InChI=1S/C25H29F3N4O3/c1-4-14-32-22(29-19-12-8-6-10-17(19)23(32)33)21(5-2)31(15-16-35-3)24(34)30-20-13-9-7-11-18(20)25(26,27)28/h6-13,21H,4-5,14-16H2,1-3H3,(H,30,34). The third-order valence-corrected chi connectivity index (χ3v) is 5.67. The van der Waals surface area contributed by atoms with E-state index in [9.17, 15) is 22.8 Å². The predicted molar refractivity (Wildman–Crippen MR) is 128 cm³/mol. The van der Waals surface area contributed by atoms with Gasteiger partial charge in [0.2, 0.25) is 0 Å². The molecule has 0 bridgehead atoms. The van der Waals surface area contributed by atoms with E-state index in [2.05, 4.69) is 5.32 Å². The highest BCUT2D eigenvalue weighted by atomic mass is 19.4. The number of nitrogens with one attached hydrogen (secondary N) is 1. The van der Waals surface area contributed by atoms with Gasteiger partial charge in [0, 0.05) is 20.2 Å². The van der Waals surface area contributed by atoms with Crippen molar-refractivity contribution in [2.75, 3.05) is 25.6 Å². The molecule has 2 aromatic carbocycles. The molecular weight excluding hydrogens is 461 g/mol. The number of halogens is 3. The van der Waals surface area contributed by atoms with Crippen molar-refractivity contribution in [1.82, 2.24) is 14.5 Å². The molecule has 0 aliphatic rings. The molecule has 3 rings (SSSR count). The van der Waals surface area contributed by atoms with Crippen LogP contribution in [-0.2, 0) is 17.5 Å². The number of fused-ring (bicyclic) bond motifs is 1. The zero-order valence-electron chi connectivity index (χ0n) is 19.9. The van der Waals surface area contributed by atoms with E-state index in [1.165, 1.54) is 30.2 Å². The Hall–Kier alpha value is -3.40. The summed E-state index contributed by atoms with van der Waals surface area (Å²) in [7, 11) is 1.47. The number of amides is 2. The molecule has 7 nitrogen and oxygen atoms in total. The van der Waals surface area contributed by atoms with Crippen molar-refractivity contribution >= 4 is 22.6 Å². The smallest absolute Gasteiger partial charge is 0.383 e. The summed E-state index contributed by atoms with van der Waals surface area (Å²) in [5, 5.41) is 2.87. The number of methoxy groups -OCH3 is 1. The van der Waals surface area contributed by atoms with Crippen molar-refractivity contribution in [2.24, 2.45) is 0 Å². The number of ether oxygens (including phenoxy) is 1. The molecule has 1 atom stereocenters. The van der Waals surface area contributed by atoms with E-state index in [1.54, 1.807) is 28.8 Å². The fourth-order valence-corrected chi connectivity index (χ4v) is 4.04. The Bertz CT molecular complexity index is 1230. The average Bonchev–Trinajstić information content (AvgIpc) is 2.83. The van der Waals surface area contributed by atoms with Gasteiger partial charge in [-0.1, -0.05) is 38.1 Å². The van der Waals surface area contributed by atoms with Gasteiger partial charge in [-0.05, 0) is 37.1 Å². The lowest BCUT2D eigenvalue weighted by molar-refractivity contribution is -0.136. The maximum Gasteiger partial charge on any atom is 0.418 e. The lowest BCUT2D eigenvalue weighted by Gasteiger charge is -2.32. The number of carbonyl (C=O) groups excluding carboxylic acids is 1. The molecule has 1 unspecified atom stereocenters. The van der Waals surface area contributed by atoms with Crippen LogP contribution in [0.1, 0.15) is 44.1 Å². The monoisotopic (exact) mass is 490 g/mol. The van der Waals surface area contributed by atoms with E-state index in [0.29, 0.717) is 36.1 Å². The number of urea groups is 1. The highest BCUT2D eigenvalue weighted by Gasteiger charge is 2.35. The summed E-state index contributed by atoms with van der Waals surface area (Å²) in [6.45, 7) is 4.38. The summed E-state index contributed by atoms with van der Waals surface area (Å²) in [4.78, 5) is 32.7. The first-order chi connectivity index (χ1) is 16.7. The van der Waals surface area contributed by atoms with E-state index in [-0.39, 0.29) is 24.4 Å². The van der Waals surface area contributed by atoms with Gasteiger partial charge in [-0.25, -0.2) is 9.78 Å². The maximum absolute atomic E-state index is 13.5. The second kappa shape index (κ2) is 11.4. The van der Waals surface area contributed by atoms with Gasteiger partial charge in [0.15, 0.2) is 0 Å². The van der Waals surface area contributed by atoms with Crippen LogP contribution in [0.15, 0.2) is 53.3 Å². The van der Waals surface area contributed by atoms with E-state index >= 15 is 0 Å². The van der Waals surface area contributed by atoms with Crippen molar-refractivity contribution in [3.8, 4) is 0 Å². The molecule has 0 aliphatic heterocycles. The summed E-state index contributed by atoms with van der Waals surface area (Å²) in [5.74, 6) is 0.383. The fourth-order valence-electron chi connectivity index (χ4n) is 4.04. The number of benzene rings is 2. The van der Waals surface area contributed by atoms with E-state index in [0.717, 1.165) is 6.07 Å². The minimum atomic E-state index is -4.63. The molecule has 35 heavy (non-hydrogen) atoms. The Balaban J connectivity index is 2.09. The van der Waals surface area contributed by atoms with E-state index in [4.69, 9.17) is 9.72 Å². The molecule has 1 heterocycles. The first-order valence-electron chi connectivity index (χ1n) is 11.4. The van der Waals surface area contributed by atoms with Gasteiger partial charge < -0.3 is 15.0 Å². The van der Waals surface area contributed by atoms with Gasteiger partial charge in [0.05, 0.1) is 34.8 Å². The Morgan fingerprint density at radius 2 is 1.83 bits per heavy atom. The maximum atomic E-state index is 13.5.